The third-order valence-electron chi connectivity index (χ3n) is 6.62. The van der Waals surface area contributed by atoms with Crippen LogP contribution >= 0.6 is 0 Å². The predicted molar refractivity (Wildman–Crippen MR) is 133 cm³/mol. The van der Waals surface area contributed by atoms with E-state index in [1.165, 1.54) is 35.0 Å². The molecule has 4 aromatic rings. The van der Waals surface area contributed by atoms with Crippen molar-refractivity contribution in [3.8, 4) is 0 Å². The van der Waals surface area contributed by atoms with Crippen LogP contribution in [-0.4, -0.2) is 33.6 Å². The number of carbonyl (C=O) groups is 1. The maximum atomic E-state index is 13.9. The van der Waals surface area contributed by atoms with E-state index in [1.54, 1.807) is 12.1 Å². The molecule has 5 nitrogen and oxygen atoms in total. The Morgan fingerprint density at radius 2 is 1.87 bits per heavy atom. The zero-order valence-corrected chi connectivity index (χ0v) is 20.4. The van der Waals surface area contributed by atoms with Crippen molar-refractivity contribution in [2.75, 3.05) is 13.1 Å². The van der Waals surface area contributed by atoms with Gasteiger partial charge in [0.2, 0.25) is 5.95 Å². The van der Waals surface area contributed by atoms with Crippen molar-refractivity contribution in [2.24, 2.45) is 0 Å². The van der Waals surface area contributed by atoms with Gasteiger partial charge >= 0.3 is 12.2 Å². The monoisotopic (exact) mass is 544 g/mol. The van der Waals surface area contributed by atoms with Crippen molar-refractivity contribution in [1.29, 1.82) is 0 Å². The largest absolute Gasteiger partial charge is 0.416 e. The van der Waals surface area contributed by atoms with Crippen molar-refractivity contribution in [3.63, 3.8) is 0 Å². The number of hydrogen-bond acceptors (Lipinski definition) is 3. The normalized spacial score (nSPS) is 14.2. The lowest BCUT2D eigenvalue weighted by molar-refractivity contribution is -0.137. The molecule has 0 radical (unpaired) electrons. The molecule has 1 amide bonds. The highest BCUT2D eigenvalue weighted by molar-refractivity contribution is 5.96. The molecule has 0 aliphatic carbocycles. The van der Waals surface area contributed by atoms with E-state index < -0.39 is 35.4 Å². The molecular formula is C28H22F6N4O. The highest BCUT2D eigenvalue weighted by Gasteiger charge is 2.33. The number of pyridine rings is 1. The van der Waals surface area contributed by atoms with Gasteiger partial charge in [-0.1, -0.05) is 12.2 Å². The van der Waals surface area contributed by atoms with Crippen LogP contribution in [0.25, 0.3) is 17.0 Å². The molecule has 2 aromatic carbocycles. The first-order chi connectivity index (χ1) is 18.6. The zero-order valence-electron chi connectivity index (χ0n) is 20.4. The van der Waals surface area contributed by atoms with E-state index in [4.69, 9.17) is 0 Å². The Bertz CT molecular complexity index is 1580. The van der Waals surface area contributed by atoms with Gasteiger partial charge in [-0.25, -0.2) is 18.6 Å². The zero-order chi connectivity index (χ0) is 27.7. The molecule has 1 aliphatic heterocycles. The predicted octanol–water partition coefficient (Wildman–Crippen LogP) is 6.30. The summed E-state index contributed by atoms with van der Waals surface area (Å²) >= 11 is 0. The van der Waals surface area contributed by atoms with E-state index in [0.29, 0.717) is 47.2 Å². The lowest BCUT2D eigenvalue weighted by Crippen LogP contribution is -2.34. The lowest BCUT2D eigenvalue weighted by atomic mass is 10.0. The van der Waals surface area contributed by atoms with Gasteiger partial charge in [0.25, 0.3) is 0 Å². The highest BCUT2D eigenvalue weighted by Crippen LogP contribution is 2.36. The van der Waals surface area contributed by atoms with E-state index in [2.05, 4.69) is 10.3 Å². The third kappa shape index (κ3) is 5.68. The topological polar surface area (TPSA) is 50.2 Å². The number of fused-ring (bicyclic) bond motifs is 3. The minimum Gasteiger partial charge on any atom is -0.333 e. The molecule has 11 heteroatoms. The molecule has 3 heterocycles. The van der Waals surface area contributed by atoms with Crippen molar-refractivity contribution in [3.05, 3.63) is 106 Å². The van der Waals surface area contributed by atoms with E-state index >= 15 is 0 Å². The minimum atomic E-state index is -4.56. The average molecular weight is 544 g/mol. The van der Waals surface area contributed by atoms with E-state index in [1.807, 2.05) is 4.90 Å². The number of aromatic nitrogens is 2. The third-order valence-corrected chi connectivity index (χ3v) is 6.62. The standard InChI is InChI=1S/C28H22F6N4O/c29-20-5-3-18(23(30)14-20)2-1-10-37-11-8-25-22(16-37)21-13-19(28(32,33)34)4-6-24(21)38(25)27(39)36-15-17-7-9-35-26(31)12-17/h1-7,9,12-14H,8,10-11,15-16H2,(H,36,39)/b2-1+. The summed E-state index contributed by atoms with van der Waals surface area (Å²) in [5, 5.41) is 3.02. The highest BCUT2D eigenvalue weighted by atomic mass is 19.4. The number of benzene rings is 2. The quantitative estimate of drug-likeness (QED) is 0.237. The summed E-state index contributed by atoms with van der Waals surface area (Å²) in [4.78, 5) is 18.7. The minimum absolute atomic E-state index is 0.00419. The van der Waals surface area contributed by atoms with Crippen LogP contribution in [0.5, 0.6) is 0 Å². The van der Waals surface area contributed by atoms with E-state index in [0.717, 1.165) is 24.3 Å². The Morgan fingerprint density at radius 3 is 2.62 bits per heavy atom. The number of hydrogen-bond donors (Lipinski definition) is 1. The summed E-state index contributed by atoms with van der Waals surface area (Å²) in [5.41, 5.74) is 1.38. The molecular weight excluding hydrogens is 522 g/mol. The van der Waals surface area contributed by atoms with Crippen LogP contribution in [0.4, 0.5) is 31.1 Å². The Hall–Kier alpha value is -4.12. The first kappa shape index (κ1) is 26.5. The van der Waals surface area contributed by atoms with Crippen LogP contribution < -0.4 is 5.32 Å². The molecule has 0 fully saturated rings. The molecule has 0 unspecified atom stereocenters. The van der Waals surface area contributed by atoms with Gasteiger partial charge in [-0.3, -0.25) is 9.47 Å². The maximum Gasteiger partial charge on any atom is 0.416 e. The molecule has 0 saturated heterocycles. The van der Waals surface area contributed by atoms with Crippen LogP contribution in [0.2, 0.25) is 0 Å². The molecule has 0 bridgehead atoms. The van der Waals surface area contributed by atoms with Crippen molar-refractivity contribution in [1.82, 2.24) is 19.8 Å². The van der Waals surface area contributed by atoms with Gasteiger partial charge in [0.1, 0.15) is 11.6 Å². The first-order valence-corrected chi connectivity index (χ1v) is 12.1. The molecule has 0 saturated carbocycles. The smallest absolute Gasteiger partial charge is 0.333 e. The second-order valence-electron chi connectivity index (χ2n) is 9.19. The molecule has 1 N–H and O–H groups in total. The number of carbonyl (C=O) groups excluding carboxylic acids is 1. The number of nitrogens with one attached hydrogen (secondary N) is 1. The van der Waals surface area contributed by atoms with E-state index in [-0.39, 0.29) is 18.7 Å². The second kappa shape index (κ2) is 10.6. The summed E-state index contributed by atoms with van der Waals surface area (Å²) in [5.74, 6) is -2.07. The lowest BCUT2D eigenvalue weighted by Gasteiger charge is -2.27. The van der Waals surface area contributed by atoms with Crippen molar-refractivity contribution < 1.29 is 31.1 Å². The molecule has 202 valence electrons. The molecule has 1 aliphatic rings. The van der Waals surface area contributed by atoms with Gasteiger partial charge in [-0.05, 0) is 53.6 Å². The fraction of sp³-hybridized carbons (Fsp3) is 0.214. The Labute approximate surface area is 219 Å². The second-order valence-corrected chi connectivity index (χ2v) is 9.19. The fourth-order valence-corrected chi connectivity index (χ4v) is 4.75. The van der Waals surface area contributed by atoms with Gasteiger partial charge in [0.15, 0.2) is 0 Å². The number of halogens is 6. The SMILES string of the molecule is O=C(NCc1ccnc(F)c1)n1c2c(c3cc(C(F)(F)F)ccc31)CN(C/C=C/c1ccc(F)cc1F)CC2. The van der Waals surface area contributed by atoms with Gasteiger partial charge in [0.05, 0.1) is 11.1 Å². The number of alkyl halides is 3. The van der Waals surface area contributed by atoms with E-state index in [9.17, 15) is 31.1 Å². The van der Waals surface area contributed by atoms with Crippen LogP contribution in [0, 0.1) is 17.6 Å². The summed E-state index contributed by atoms with van der Waals surface area (Å²) in [7, 11) is 0. The van der Waals surface area contributed by atoms with Crippen molar-refractivity contribution >= 4 is 23.0 Å². The molecule has 5 rings (SSSR count). The fourth-order valence-electron chi connectivity index (χ4n) is 4.75. The molecule has 2 aromatic heterocycles. The Kier molecular flexibility index (Phi) is 7.17. The number of rotatable bonds is 5. The van der Waals surface area contributed by atoms with Gasteiger partial charge < -0.3 is 5.32 Å². The van der Waals surface area contributed by atoms with Gasteiger partial charge in [-0.2, -0.15) is 17.6 Å². The Morgan fingerprint density at radius 1 is 1.05 bits per heavy atom. The first-order valence-electron chi connectivity index (χ1n) is 12.1. The maximum absolute atomic E-state index is 13.9. The van der Waals surface area contributed by atoms with Crippen molar-refractivity contribution in [2.45, 2.75) is 25.7 Å². The molecule has 0 spiro atoms. The van der Waals surface area contributed by atoms with Crippen LogP contribution in [0.1, 0.15) is 27.9 Å². The molecule has 0 atom stereocenters. The van der Waals surface area contributed by atoms with Crippen LogP contribution in [0.15, 0.2) is 60.8 Å². The summed E-state index contributed by atoms with van der Waals surface area (Å²) in [6.45, 7) is 1.12. The summed E-state index contributed by atoms with van der Waals surface area (Å²) < 4.78 is 82.4. The number of amides is 1. The van der Waals surface area contributed by atoms with Crippen LogP contribution in [0.3, 0.4) is 0 Å². The van der Waals surface area contributed by atoms with Gasteiger partial charge in [0, 0.05) is 61.5 Å². The van der Waals surface area contributed by atoms with Gasteiger partial charge in [-0.15, -0.1) is 0 Å². The molecule has 39 heavy (non-hydrogen) atoms. The Balaban J connectivity index is 1.43. The summed E-state index contributed by atoms with van der Waals surface area (Å²) in [6.07, 6.45) is 0.303. The summed E-state index contributed by atoms with van der Waals surface area (Å²) in [6, 6.07) is 8.71. The van der Waals surface area contributed by atoms with Crippen LogP contribution in [-0.2, 0) is 25.7 Å². The average Bonchev–Trinajstić information content (AvgIpc) is 3.21. The number of nitrogens with zero attached hydrogens (tertiary/aromatic N) is 3.